The number of nitrogens with zero attached hydrogens (tertiary/aromatic N) is 1. The zero-order chi connectivity index (χ0) is 14.4. The van der Waals surface area contributed by atoms with Crippen molar-refractivity contribution in [2.24, 2.45) is 5.10 Å². The maximum absolute atomic E-state index is 12.5. The van der Waals surface area contributed by atoms with E-state index in [2.05, 4.69) is 15.8 Å². The van der Waals surface area contributed by atoms with Crippen LogP contribution in [-0.2, 0) is 9.67 Å². The largest absolute Gasteiger partial charge is 0.323 e. The molecule has 2 aliphatic heterocycles. The van der Waals surface area contributed by atoms with Crippen LogP contribution in [0.1, 0.15) is 16.7 Å². The van der Waals surface area contributed by atoms with Gasteiger partial charge in [-0.2, -0.15) is 5.10 Å². The average molecular weight is 295 g/mol. The summed E-state index contributed by atoms with van der Waals surface area (Å²) in [5.74, 6) is -0.0669. The highest BCUT2D eigenvalue weighted by Gasteiger charge is 2.51. The number of benzene rings is 2. The van der Waals surface area contributed by atoms with Crippen molar-refractivity contribution in [1.29, 1.82) is 0 Å². The number of amides is 1. The van der Waals surface area contributed by atoms with Crippen LogP contribution in [0.4, 0.5) is 5.69 Å². The molecule has 4 nitrogen and oxygen atoms in total. The number of aryl methyl sites for hydroxylation is 1. The Kier molecular flexibility index (Phi) is 2.59. The molecule has 2 aliphatic rings. The van der Waals surface area contributed by atoms with E-state index in [0.717, 1.165) is 27.4 Å². The normalized spacial score (nSPS) is 22.7. The van der Waals surface area contributed by atoms with Crippen molar-refractivity contribution in [2.45, 2.75) is 11.8 Å². The molecule has 0 unspecified atom stereocenters. The molecule has 2 aromatic rings. The molecule has 1 amide bonds. The molecule has 0 saturated carbocycles. The molecule has 4 rings (SSSR count). The van der Waals surface area contributed by atoms with Crippen molar-refractivity contribution in [1.82, 2.24) is 5.43 Å². The van der Waals surface area contributed by atoms with Crippen molar-refractivity contribution in [3.05, 3.63) is 65.2 Å². The van der Waals surface area contributed by atoms with Crippen molar-refractivity contribution < 1.29 is 4.79 Å². The molecule has 1 atom stereocenters. The maximum atomic E-state index is 12.5. The zero-order valence-corrected chi connectivity index (χ0v) is 12.2. The second-order valence-electron chi connectivity index (χ2n) is 5.18. The molecule has 0 radical (unpaired) electrons. The first-order chi connectivity index (χ1) is 10.2. The Morgan fingerprint density at radius 1 is 1.14 bits per heavy atom. The van der Waals surface area contributed by atoms with Crippen LogP contribution in [0.15, 0.2) is 53.6 Å². The number of rotatable bonds is 1. The van der Waals surface area contributed by atoms with Gasteiger partial charge in [0.1, 0.15) is 5.04 Å². The minimum absolute atomic E-state index is 0.0669. The van der Waals surface area contributed by atoms with Gasteiger partial charge in [0, 0.05) is 16.8 Å². The number of carbonyl (C=O) groups excluding carboxylic acids is 1. The lowest BCUT2D eigenvalue weighted by Crippen LogP contribution is -2.39. The van der Waals surface area contributed by atoms with Gasteiger partial charge in [-0.1, -0.05) is 59.8 Å². The third-order valence-electron chi connectivity index (χ3n) is 3.71. The summed E-state index contributed by atoms with van der Waals surface area (Å²) in [6.45, 7) is 2.02. The quantitative estimate of drug-likeness (QED) is 0.850. The van der Waals surface area contributed by atoms with Gasteiger partial charge in [-0.25, -0.2) is 0 Å². The maximum Gasteiger partial charge on any atom is 0.267 e. The monoisotopic (exact) mass is 295 g/mol. The van der Waals surface area contributed by atoms with E-state index in [-0.39, 0.29) is 5.91 Å². The Labute approximate surface area is 126 Å². The number of nitrogens with one attached hydrogen (secondary N) is 2. The van der Waals surface area contributed by atoms with E-state index >= 15 is 0 Å². The van der Waals surface area contributed by atoms with Crippen molar-refractivity contribution in [3.8, 4) is 0 Å². The lowest BCUT2D eigenvalue weighted by molar-refractivity contribution is -0.118. The second kappa shape index (κ2) is 4.36. The number of fused-ring (bicyclic) bond motifs is 2. The molecular formula is C16H13N3OS. The van der Waals surface area contributed by atoms with Crippen LogP contribution in [-0.4, -0.2) is 11.0 Å². The highest BCUT2D eigenvalue weighted by molar-refractivity contribution is 8.16. The fourth-order valence-corrected chi connectivity index (χ4v) is 3.78. The summed E-state index contributed by atoms with van der Waals surface area (Å²) in [5.41, 5.74) is 7.00. The highest BCUT2D eigenvalue weighted by Crippen LogP contribution is 2.48. The number of anilines is 1. The fourth-order valence-electron chi connectivity index (χ4n) is 2.63. The van der Waals surface area contributed by atoms with Gasteiger partial charge in [-0.15, -0.1) is 0 Å². The first-order valence-corrected chi connectivity index (χ1v) is 7.52. The van der Waals surface area contributed by atoms with Crippen molar-refractivity contribution >= 4 is 28.4 Å². The Bertz CT molecular complexity index is 772. The number of thioether (sulfide) groups is 1. The van der Waals surface area contributed by atoms with Gasteiger partial charge in [-0.3, -0.25) is 10.2 Å². The molecule has 2 N–H and O–H groups in total. The summed E-state index contributed by atoms with van der Waals surface area (Å²) in [6.07, 6.45) is 0. The highest BCUT2D eigenvalue weighted by atomic mass is 32.2. The molecule has 0 bridgehead atoms. The van der Waals surface area contributed by atoms with Gasteiger partial charge in [0.15, 0.2) is 0 Å². The molecule has 104 valence electrons. The predicted octanol–water partition coefficient (Wildman–Crippen LogP) is 2.80. The summed E-state index contributed by atoms with van der Waals surface area (Å²) in [7, 11) is 0. The van der Waals surface area contributed by atoms with Crippen molar-refractivity contribution in [2.75, 3.05) is 5.32 Å². The molecule has 2 heterocycles. The SMILES string of the molecule is Cc1ccc2c(c1)[C@]1(NN=C(c3ccccc3)S1)C(=O)N2. The van der Waals surface area contributed by atoms with Gasteiger partial charge >= 0.3 is 0 Å². The van der Waals surface area contributed by atoms with Crippen LogP contribution in [0.25, 0.3) is 0 Å². The molecule has 21 heavy (non-hydrogen) atoms. The van der Waals surface area contributed by atoms with Gasteiger partial charge in [0.05, 0.1) is 0 Å². The van der Waals surface area contributed by atoms with E-state index in [4.69, 9.17) is 0 Å². The third-order valence-corrected chi connectivity index (χ3v) is 5.03. The minimum Gasteiger partial charge on any atom is -0.323 e. The zero-order valence-electron chi connectivity index (χ0n) is 11.4. The van der Waals surface area contributed by atoms with Gasteiger partial charge in [0.2, 0.25) is 4.87 Å². The summed E-state index contributed by atoms with van der Waals surface area (Å²) >= 11 is 1.46. The minimum atomic E-state index is -0.841. The van der Waals surface area contributed by atoms with Crippen LogP contribution >= 0.6 is 11.8 Å². The van der Waals surface area contributed by atoms with Crippen molar-refractivity contribution in [3.63, 3.8) is 0 Å². The van der Waals surface area contributed by atoms with E-state index in [1.807, 2.05) is 55.5 Å². The third kappa shape index (κ3) is 1.77. The molecular weight excluding hydrogens is 282 g/mol. The molecule has 0 fully saturated rings. The number of carbonyl (C=O) groups is 1. The van der Waals surface area contributed by atoms with Crippen LogP contribution < -0.4 is 10.7 Å². The summed E-state index contributed by atoms with van der Waals surface area (Å²) < 4.78 is 0. The first-order valence-electron chi connectivity index (χ1n) is 6.71. The summed E-state index contributed by atoms with van der Waals surface area (Å²) in [5, 5.41) is 8.16. The fraction of sp³-hybridized carbons (Fsp3) is 0.125. The Balaban J connectivity index is 1.76. The second-order valence-corrected chi connectivity index (χ2v) is 6.38. The Morgan fingerprint density at radius 3 is 2.76 bits per heavy atom. The predicted molar refractivity (Wildman–Crippen MR) is 85.2 cm³/mol. The average Bonchev–Trinajstić information content (AvgIpc) is 3.06. The molecule has 1 spiro atoms. The summed E-state index contributed by atoms with van der Waals surface area (Å²) in [4.78, 5) is 11.6. The molecule has 0 aliphatic carbocycles. The van der Waals surface area contributed by atoms with Gasteiger partial charge < -0.3 is 5.32 Å². The van der Waals surface area contributed by atoms with E-state index in [9.17, 15) is 4.79 Å². The van der Waals surface area contributed by atoms with Gasteiger partial charge in [0.25, 0.3) is 5.91 Å². The number of hydrogen-bond acceptors (Lipinski definition) is 4. The van der Waals surface area contributed by atoms with E-state index in [1.165, 1.54) is 11.8 Å². The Morgan fingerprint density at radius 2 is 1.95 bits per heavy atom. The molecule has 0 saturated heterocycles. The number of hydrogen-bond donors (Lipinski definition) is 2. The molecule has 5 heteroatoms. The Hall–Kier alpha value is -2.27. The van der Waals surface area contributed by atoms with Crippen LogP contribution in [0.5, 0.6) is 0 Å². The lowest BCUT2D eigenvalue weighted by atomic mass is 10.1. The van der Waals surface area contributed by atoms with Crippen LogP contribution in [0.2, 0.25) is 0 Å². The van der Waals surface area contributed by atoms with E-state index in [1.54, 1.807) is 0 Å². The first kappa shape index (κ1) is 12.5. The smallest absolute Gasteiger partial charge is 0.267 e. The van der Waals surface area contributed by atoms with Crippen LogP contribution in [0.3, 0.4) is 0 Å². The lowest BCUT2D eigenvalue weighted by Gasteiger charge is -2.20. The van der Waals surface area contributed by atoms with Crippen LogP contribution in [0, 0.1) is 6.92 Å². The molecule has 0 aromatic heterocycles. The molecule has 2 aromatic carbocycles. The summed E-state index contributed by atoms with van der Waals surface area (Å²) in [6, 6.07) is 15.9. The van der Waals surface area contributed by atoms with E-state index in [0.29, 0.717) is 0 Å². The number of hydrazone groups is 1. The van der Waals surface area contributed by atoms with E-state index < -0.39 is 4.87 Å². The standard InChI is InChI=1S/C16H13N3OS/c1-10-7-8-13-12(9-10)16(15(20)17-13)19-18-14(21-16)11-5-3-2-4-6-11/h2-9,19H,1H3,(H,17,20)/t16-/m1/s1. The van der Waals surface area contributed by atoms with Gasteiger partial charge in [-0.05, 0) is 13.0 Å². The topological polar surface area (TPSA) is 53.5 Å².